The number of rotatable bonds is 1. The second kappa shape index (κ2) is 3.05. The van der Waals surface area contributed by atoms with Crippen LogP contribution in [-0.4, -0.2) is 7.11 Å². The summed E-state index contributed by atoms with van der Waals surface area (Å²) in [7, 11) is 1.56. The van der Waals surface area contributed by atoms with Gasteiger partial charge in [-0.05, 0) is 25.0 Å². The Labute approximate surface area is 77.7 Å². The van der Waals surface area contributed by atoms with Gasteiger partial charge in [0.2, 0.25) is 0 Å². The van der Waals surface area contributed by atoms with Crippen molar-refractivity contribution >= 4 is 17.1 Å². The van der Waals surface area contributed by atoms with E-state index < -0.39 is 0 Å². The zero-order valence-corrected chi connectivity index (χ0v) is 8.14. The molecule has 0 aliphatic carbocycles. The fourth-order valence-corrected chi connectivity index (χ4v) is 1.31. The molecule has 0 radical (unpaired) electrons. The number of hydrogen-bond acceptors (Lipinski definition) is 4. The molecule has 0 bridgehead atoms. The van der Waals surface area contributed by atoms with Crippen molar-refractivity contribution in [2.75, 3.05) is 24.3 Å². The number of methoxy groups -OCH3 is 1. The zero-order valence-electron chi connectivity index (χ0n) is 8.14. The minimum absolute atomic E-state index is 0.403. The third-order valence-electron chi connectivity index (χ3n) is 2.34. The lowest BCUT2D eigenvalue weighted by Gasteiger charge is -2.15. The molecule has 0 heterocycles. The van der Waals surface area contributed by atoms with E-state index in [4.69, 9.17) is 21.9 Å². The quantitative estimate of drug-likeness (QED) is 0.565. The van der Waals surface area contributed by atoms with Crippen LogP contribution in [0.15, 0.2) is 0 Å². The highest BCUT2D eigenvalue weighted by molar-refractivity contribution is 5.86. The van der Waals surface area contributed by atoms with Crippen molar-refractivity contribution in [3.05, 3.63) is 11.1 Å². The topological polar surface area (TPSA) is 87.3 Å². The third-order valence-corrected chi connectivity index (χ3v) is 2.34. The summed E-state index contributed by atoms with van der Waals surface area (Å²) in [4.78, 5) is 0. The van der Waals surface area contributed by atoms with E-state index in [2.05, 4.69) is 0 Å². The van der Waals surface area contributed by atoms with Crippen molar-refractivity contribution in [1.82, 2.24) is 0 Å². The van der Waals surface area contributed by atoms with Crippen LogP contribution in [0.25, 0.3) is 0 Å². The molecule has 0 amide bonds. The molecule has 72 valence electrons. The van der Waals surface area contributed by atoms with E-state index in [1.54, 1.807) is 7.11 Å². The molecule has 0 saturated carbocycles. The maximum absolute atomic E-state index is 5.75. The normalized spacial score (nSPS) is 10.1. The first kappa shape index (κ1) is 9.51. The van der Waals surface area contributed by atoms with Crippen LogP contribution >= 0.6 is 0 Å². The Morgan fingerprint density at radius 1 is 0.846 bits per heavy atom. The van der Waals surface area contributed by atoms with Gasteiger partial charge in [0.25, 0.3) is 0 Å². The van der Waals surface area contributed by atoms with E-state index >= 15 is 0 Å². The second-order valence-corrected chi connectivity index (χ2v) is 3.02. The molecule has 13 heavy (non-hydrogen) atoms. The highest BCUT2D eigenvalue weighted by Crippen LogP contribution is 2.38. The average molecular weight is 181 g/mol. The highest BCUT2D eigenvalue weighted by Gasteiger charge is 2.14. The van der Waals surface area contributed by atoms with Crippen LogP contribution in [-0.2, 0) is 0 Å². The van der Waals surface area contributed by atoms with E-state index in [9.17, 15) is 0 Å². The monoisotopic (exact) mass is 181 g/mol. The Balaban J connectivity index is 3.56. The summed E-state index contributed by atoms with van der Waals surface area (Å²) in [6.45, 7) is 3.79. The molecular weight excluding hydrogens is 166 g/mol. The van der Waals surface area contributed by atoms with Crippen molar-refractivity contribution in [2.24, 2.45) is 0 Å². The Morgan fingerprint density at radius 2 is 1.38 bits per heavy atom. The molecule has 0 fully saturated rings. The largest absolute Gasteiger partial charge is 0.494 e. The van der Waals surface area contributed by atoms with Gasteiger partial charge in [0.1, 0.15) is 5.75 Å². The van der Waals surface area contributed by atoms with E-state index in [-0.39, 0.29) is 0 Å². The molecule has 4 heteroatoms. The van der Waals surface area contributed by atoms with Crippen molar-refractivity contribution in [3.63, 3.8) is 0 Å². The summed E-state index contributed by atoms with van der Waals surface area (Å²) in [5.41, 5.74) is 20.4. The van der Waals surface area contributed by atoms with Crippen LogP contribution in [0.5, 0.6) is 5.75 Å². The van der Waals surface area contributed by atoms with Gasteiger partial charge in [0.15, 0.2) is 0 Å². The minimum Gasteiger partial charge on any atom is -0.494 e. The summed E-state index contributed by atoms with van der Waals surface area (Å²) in [5.74, 6) is 0.615. The molecule has 0 atom stereocenters. The van der Waals surface area contributed by atoms with Crippen molar-refractivity contribution in [1.29, 1.82) is 0 Å². The Bertz CT molecular complexity index is 318. The third kappa shape index (κ3) is 1.24. The molecule has 6 N–H and O–H groups in total. The van der Waals surface area contributed by atoms with Crippen LogP contribution in [0.4, 0.5) is 17.1 Å². The van der Waals surface area contributed by atoms with Gasteiger partial charge in [-0.1, -0.05) is 0 Å². The second-order valence-electron chi connectivity index (χ2n) is 3.02. The smallest absolute Gasteiger partial charge is 0.147 e. The van der Waals surface area contributed by atoms with Gasteiger partial charge in [0.05, 0.1) is 24.2 Å². The molecule has 1 rings (SSSR count). The molecule has 0 aromatic heterocycles. The van der Waals surface area contributed by atoms with E-state index in [1.165, 1.54) is 0 Å². The first-order valence-electron chi connectivity index (χ1n) is 3.98. The number of benzene rings is 1. The Kier molecular flexibility index (Phi) is 2.23. The molecule has 0 unspecified atom stereocenters. The number of nitrogen functional groups attached to an aromatic ring is 3. The molecule has 0 saturated heterocycles. The maximum atomic E-state index is 5.75. The van der Waals surface area contributed by atoms with Crippen molar-refractivity contribution in [3.8, 4) is 5.75 Å². The predicted octanol–water partition coefficient (Wildman–Crippen LogP) is 1.06. The van der Waals surface area contributed by atoms with Gasteiger partial charge < -0.3 is 21.9 Å². The number of anilines is 3. The lowest BCUT2D eigenvalue weighted by molar-refractivity contribution is 0.414. The first-order valence-corrected chi connectivity index (χ1v) is 3.98. The number of nitrogens with two attached hydrogens (primary N) is 3. The number of hydrogen-bond donors (Lipinski definition) is 3. The summed E-state index contributed by atoms with van der Waals surface area (Å²) < 4.78 is 5.13. The SMILES string of the molecule is COc1c(C)c(C)c(N)c(N)c1N. The van der Waals surface area contributed by atoms with Crippen molar-refractivity contribution in [2.45, 2.75) is 13.8 Å². The average Bonchev–Trinajstić information content (AvgIpc) is 2.13. The van der Waals surface area contributed by atoms with Gasteiger partial charge in [-0.3, -0.25) is 0 Å². The van der Waals surface area contributed by atoms with E-state index in [0.29, 0.717) is 22.8 Å². The summed E-state index contributed by atoms with van der Waals surface area (Å²) in [5, 5.41) is 0. The van der Waals surface area contributed by atoms with Crippen LogP contribution < -0.4 is 21.9 Å². The predicted molar refractivity (Wildman–Crippen MR) is 55.7 cm³/mol. The minimum atomic E-state index is 0.403. The molecule has 4 nitrogen and oxygen atoms in total. The van der Waals surface area contributed by atoms with Crippen LogP contribution in [0, 0.1) is 13.8 Å². The molecule has 0 aliphatic heterocycles. The van der Waals surface area contributed by atoms with Gasteiger partial charge in [0, 0.05) is 0 Å². The van der Waals surface area contributed by atoms with Crippen LogP contribution in [0.2, 0.25) is 0 Å². The number of ether oxygens (including phenoxy) is 1. The Morgan fingerprint density at radius 3 is 1.85 bits per heavy atom. The Hall–Kier alpha value is -1.58. The van der Waals surface area contributed by atoms with Gasteiger partial charge in [-0.2, -0.15) is 0 Å². The van der Waals surface area contributed by atoms with E-state index in [1.807, 2.05) is 13.8 Å². The fourth-order valence-electron chi connectivity index (χ4n) is 1.31. The summed E-state index contributed by atoms with van der Waals surface area (Å²) in [6.07, 6.45) is 0. The zero-order chi connectivity index (χ0) is 10.2. The van der Waals surface area contributed by atoms with Crippen LogP contribution in [0.3, 0.4) is 0 Å². The molecule has 1 aromatic rings. The van der Waals surface area contributed by atoms with Crippen LogP contribution in [0.1, 0.15) is 11.1 Å². The standard InChI is InChI=1S/C9H15N3O/c1-4-5(2)9(13-3)8(12)7(11)6(4)10/h10-12H2,1-3H3. The summed E-state index contributed by atoms with van der Waals surface area (Å²) in [6, 6.07) is 0. The van der Waals surface area contributed by atoms with Gasteiger partial charge >= 0.3 is 0 Å². The lowest BCUT2D eigenvalue weighted by atomic mass is 10.0. The summed E-state index contributed by atoms with van der Waals surface area (Å²) >= 11 is 0. The van der Waals surface area contributed by atoms with Gasteiger partial charge in [-0.25, -0.2) is 0 Å². The molecule has 0 spiro atoms. The maximum Gasteiger partial charge on any atom is 0.147 e. The molecular formula is C9H15N3O. The van der Waals surface area contributed by atoms with Crippen molar-refractivity contribution < 1.29 is 4.74 Å². The van der Waals surface area contributed by atoms with E-state index in [0.717, 1.165) is 11.1 Å². The van der Waals surface area contributed by atoms with Gasteiger partial charge in [-0.15, -0.1) is 0 Å². The molecule has 0 aliphatic rings. The highest BCUT2D eigenvalue weighted by atomic mass is 16.5. The first-order chi connectivity index (χ1) is 6.00. The lowest BCUT2D eigenvalue weighted by Crippen LogP contribution is -2.06. The molecule has 1 aromatic carbocycles. The fraction of sp³-hybridized carbons (Fsp3) is 0.333.